The van der Waals surface area contributed by atoms with Gasteiger partial charge in [0.05, 0.1) is 10.8 Å². The summed E-state index contributed by atoms with van der Waals surface area (Å²) in [7, 11) is 0. The van der Waals surface area contributed by atoms with E-state index in [0.29, 0.717) is 23.7 Å². The molecule has 0 aromatic heterocycles. The fraction of sp³-hybridized carbons (Fsp3) is 0.462. The zero-order valence-corrected chi connectivity index (χ0v) is 11.7. The van der Waals surface area contributed by atoms with E-state index in [9.17, 15) is 14.9 Å². The van der Waals surface area contributed by atoms with Gasteiger partial charge >= 0.3 is 0 Å². The van der Waals surface area contributed by atoms with Crippen molar-refractivity contribution >= 4 is 23.2 Å². The Kier molecular flexibility index (Phi) is 4.57. The molecule has 1 atom stereocenters. The van der Waals surface area contributed by atoms with Gasteiger partial charge in [0.15, 0.2) is 0 Å². The number of halogens is 1. The number of nitrogens with two attached hydrogens (primary N) is 1. The number of primary amides is 1. The van der Waals surface area contributed by atoms with Crippen LogP contribution in [0.1, 0.15) is 18.4 Å². The predicted molar refractivity (Wildman–Crippen MR) is 75.3 cm³/mol. The van der Waals surface area contributed by atoms with Crippen LogP contribution in [0.5, 0.6) is 0 Å². The molecule has 0 radical (unpaired) electrons. The van der Waals surface area contributed by atoms with Crippen LogP contribution in [0.15, 0.2) is 18.2 Å². The number of nitro groups is 1. The Morgan fingerprint density at radius 2 is 2.30 bits per heavy atom. The monoisotopic (exact) mass is 297 g/mol. The van der Waals surface area contributed by atoms with Crippen molar-refractivity contribution < 1.29 is 9.72 Å². The Balaban J connectivity index is 2.15. The number of hydrogen-bond acceptors (Lipinski definition) is 4. The zero-order valence-electron chi connectivity index (χ0n) is 10.9. The van der Waals surface area contributed by atoms with Crippen molar-refractivity contribution in [1.29, 1.82) is 0 Å². The van der Waals surface area contributed by atoms with Gasteiger partial charge in [0.25, 0.3) is 5.69 Å². The molecule has 1 aromatic rings. The third-order valence-electron chi connectivity index (χ3n) is 3.54. The summed E-state index contributed by atoms with van der Waals surface area (Å²) < 4.78 is 0. The molecule has 0 saturated carbocycles. The molecule has 0 aliphatic carbocycles. The lowest BCUT2D eigenvalue weighted by molar-refractivity contribution is -0.385. The van der Waals surface area contributed by atoms with Crippen molar-refractivity contribution in [2.45, 2.75) is 19.4 Å². The molecule has 0 bridgehead atoms. The summed E-state index contributed by atoms with van der Waals surface area (Å²) >= 11 is 5.90. The molecular formula is C13H16ClN3O3. The molecule has 1 heterocycles. The fourth-order valence-corrected chi connectivity index (χ4v) is 2.73. The molecule has 7 heteroatoms. The van der Waals surface area contributed by atoms with Gasteiger partial charge in [-0.1, -0.05) is 11.6 Å². The van der Waals surface area contributed by atoms with Crippen molar-refractivity contribution in [3.05, 3.63) is 38.9 Å². The second-order valence-corrected chi connectivity index (χ2v) is 5.44. The Morgan fingerprint density at radius 3 is 2.95 bits per heavy atom. The molecule has 2 N–H and O–H groups in total. The summed E-state index contributed by atoms with van der Waals surface area (Å²) in [4.78, 5) is 23.9. The van der Waals surface area contributed by atoms with E-state index < -0.39 is 4.92 Å². The van der Waals surface area contributed by atoms with Crippen LogP contribution < -0.4 is 5.73 Å². The van der Waals surface area contributed by atoms with Crippen LogP contribution in [0.25, 0.3) is 0 Å². The molecule has 1 unspecified atom stereocenters. The van der Waals surface area contributed by atoms with Crippen LogP contribution in [-0.2, 0) is 11.3 Å². The number of rotatable bonds is 4. The minimum atomic E-state index is -0.415. The molecule has 108 valence electrons. The minimum Gasteiger partial charge on any atom is -0.369 e. The highest BCUT2D eigenvalue weighted by atomic mass is 35.5. The number of likely N-dealkylation sites (tertiary alicyclic amines) is 1. The highest BCUT2D eigenvalue weighted by Crippen LogP contribution is 2.26. The van der Waals surface area contributed by atoms with Gasteiger partial charge in [-0.2, -0.15) is 0 Å². The highest BCUT2D eigenvalue weighted by Gasteiger charge is 2.25. The van der Waals surface area contributed by atoms with Crippen LogP contribution in [0.3, 0.4) is 0 Å². The predicted octanol–water partition coefficient (Wildman–Crippen LogP) is 1.95. The first kappa shape index (κ1) is 14.7. The Morgan fingerprint density at radius 1 is 1.55 bits per heavy atom. The molecule has 1 aromatic carbocycles. The lowest BCUT2D eigenvalue weighted by Gasteiger charge is -2.30. The summed E-state index contributed by atoms with van der Waals surface area (Å²) in [5, 5.41) is 11.5. The molecule has 1 amide bonds. The van der Waals surface area contributed by atoms with Crippen LogP contribution >= 0.6 is 11.6 Å². The quantitative estimate of drug-likeness (QED) is 0.679. The number of nitrogens with zero attached hydrogens (tertiary/aromatic N) is 2. The third-order valence-corrected chi connectivity index (χ3v) is 3.78. The van der Waals surface area contributed by atoms with Crippen LogP contribution in [0.2, 0.25) is 5.02 Å². The maximum atomic E-state index is 11.2. The van der Waals surface area contributed by atoms with E-state index in [-0.39, 0.29) is 17.5 Å². The topological polar surface area (TPSA) is 89.5 Å². The first-order valence-corrected chi connectivity index (χ1v) is 6.79. The molecule has 2 rings (SSSR count). The van der Waals surface area contributed by atoms with Gasteiger partial charge in [0.1, 0.15) is 0 Å². The van der Waals surface area contributed by atoms with Gasteiger partial charge in [-0.15, -0.1) is 0 Å². The largest absolute Gasteiger partial charge is 0.369 e. The van der Waals surface area contributed by atoms with E-state index in [0.717, 1.165) is 19.4 Å². The normalized spacial score (nSPS) is 19.8. The summed E-state index contributed by atoms with van der Waals surface area (Å²) in [6.45, 7) is 1.74. The number of carbonyl (C=O) groups is 1. The fourth-order valence-electron chi connectivity index (χ4n) is 2.53. The second kappa shape index (κ2) is 6.19. The summed E-state index contributed by atoms with van der Waals surface area (Å²) in [5.74, 6) is -0.489. The van der Waals surface area contributed by atoms with Crippen molar-refractivity contribution in [2.75, 3.05) is 13.1 Å². The lowest BCUT2D eigenvalue weighted by Crippen LogP contribution is -2.40. The number of hydrogen-bond donors (Lipinski definition) is 1. The highest BCUT2D eigenvalue weighted by molar-refractivity contribution is 6.30. The number of piperidine rings is 1. The van der Waals surface area contributed by atoms with Gasteiger partial charge in [-0.05, 0) is 31.5 Å². The first-order chi connectivity index (χ1) is 9.47. The number of benzene rings is 1. The minimum absolute atomic E-state index is 0.0515. The lowest BCUT2D eigenvalue weighted by atomic mass is 9.97. The first-order valence-electron chi connectivity index (χ1n) is 6.42. The second-order valence-electron chi connectivity index (χ2n) is 5.01. The maximum absolute atomic E-state index is 11.2. The van der Waals surface area contributed by atoms with Crippen LogP contribution in [-0.4, -0.2) is 28.8 Å². The molecular weight excluding hydrogens is 282 g/mol. The molecule has 1 aliphatic rings. The Hall–Kier alpha value is -1.66. The van der Waals surface area contributed by atoms with Gasteiger partial charge in [0, 0.05) is 29.7 Å². The number of nitro benzene ring substituents is 1. The molecule has 1 saturated heterocycles. The van der Waals surface area contributed by atoms with E-state index in [1.807, 2.05) is 4.90 Å². The van der Waals surface area contributed by atoms with E-state index in [1.54, 1.807) is 6.07 Å². The van der Waals surface area contributed by atoms with E-state index in [1.165, 1.54) is 12.1 Å². The van der Waals surface area contributed by atoms with Crippen LogP contribution in [0, 0.1) is 16.0 Å². The average molecular weight is 298 g/mol. The van der Waals surface area contributed by atoms with Crippen molar-refractivity contribution in [2.24, 2.45) is 11.7 Å². The molecule has 6 nitrogen and oxygen atoms in total. The van der Waals surface area contributed by atoms with Crippen molar-refractivity contribution in [3.63, 3.8) is 0 Å². The SMILES string of the molecule is NC(=O)C1CCCN(Cc2cc(Cl)ccc2[N+](=O)[O-])C1. The van der Waals surface area contributed by atoms with E-state index >= 15 is 0 Å². The van der Waals surface area contributed by atoms with E-state index in [2.05, 4.69) is 0 Å². The standard InChI is InChI=1S/C13H16ClN3O3/c14-11-3-4-12(17(19)20)10(6-11)8-16-5-1-2-9(7-16)13(15)18/h3-4,6,9H,1-2,5,7-8H2,(H2,15,18). The summed E-state index contributed by atoms with van der Waals surface area (Å²) in [6.07, 6.45) is 1.64. The zero-order chi connectivity index (χ0) is 14.7. The summed E-state index contributed by atoms with van der Waals surface area (Å²) in [5.41, 5.74) is 5.94. The van der Waals surface area contributed by atoms with Gasteiger partial charge in [-0.3, -0.25) is 19.8 Å². The molecule has 1 aliphatic heterocycles. The van der Waals surface area contributed by atoms with Gasteiger partial charge in [0.2, 0.25) is 5.91 Å². The number of amides is 1. The Labute approximate surface area is 121 Å². The van der Waals surface area contributed by atoms with Crippen molar-refractivity contribution in [3.8, 4) is 0 Å². The smallest absolute Gasteiger partial charge is 0.273 e. The average Bonchev–Trinajstić information content (AvgIpc) is 2.38. The summed E-state index contributed by atoms with van der Waals surface area (Å²) in [6, 6.07) is 4.52. The maximum Gasteiger partial charge on any atom is 0.273 e. The molecule has 0 spiro atoms. The van der Waals surface area contributed by atoms with E-state index in [4.69, 9.17) is 17.3 Å². The number of carbonyl (C=O) groups excluding carboxylic acids is 1. The molecule has 20 heavy (non-hydrogen) atoms. The van der Waals surface area contributed by atoms with Crippen LogP contribution in [0.4, 0.5) is 5.69 Å². The van der Waals surface area contributed by atoms with Gasteiger partial charge in [-0.25, -0.2) is 0 Å². The van der Waals surface area contributed by atoms with Gasteiger partial charge < -0.3 is 5.73 Å². The third kappa shape index (κ3) is 3.46. The molecule has 1 fully saturated rings. The van der Waals surface area contributed by atoms with Crippen molar-refractivity contribution in [1.82, 2.24) is 4.90 Å². The Bertz CT molecular complexity index is 536.